The molecule has 0 aromatic heterocycles. The Morgan fingerprint density at radius 1 is 1.09 bits per heavy atom. The monoisotopic (exact) mass is 588 g/mol. The number of hydrogen-bond acceptors (Lipinski definition) is 4. The summed E-state index contributed by atoms with van der Waals surface area (Å²) in [6.45, 7) is 2.89. The molecule has 0 saturated carbocycles. The highest BCUT2D eigenvalue weighted by molar-refractivity contribution is 9.11. The SMILES string of the molecule is CCCCOc1ccc(C2Oc3c(Br)cc(Br)cc3C3CC(c4ccc(Cl)cc4)=NN32)cc1. The van der Waals surface area contributed by atoms with E-state index in [1.54, 1.807) is 0 Å². The van der Waals surface area contributed by atoms with Crippen molar-refractivity contribution >= 4 is 49.2 Å². The molecule has 2 atom stereocenters. The van der Waals surface area contributed by atoms with Crippen molar-refractivity contribution in [1.82, 2.24) is 5.01 Å². The van der Waals surface area contributed by atoms with E-state index in [4.69, 9.17) is 26.2 Å². The number of benzene rings is 3. The third-order valence-corrected chi connectivity index (χ3v) is 7.22. The minimum absolute atomic E-state index is 0.0682. The van der Waals surface area contributed by atoms with E-state index in [1.165, 1.54) is 0 Å². The van der Waals surface area contributed by atoms with Crippen LogP contribution in [0.3, 0.4) is 0 Å². The fraction of sp³-hybridized carbons (Fsp3) is 0.269. The molecule has 3 aromatic rings. The second-order valence-electron chi connectivity index (χ2n) is 8.20. The van der Waals surface area contributed by atoms with Gasteiger partial charge in [-0.25, -0.2) is 5.01 Å². The third-order valence-electron chi connectivity index (χ3n) is 5.92. The van der Waals surface area contributed by atoms with Gasteiger partial charge in [0.25, 0.3) is 0 Å². The summed E-state index contributed by atoms with van der Waals surface area (Å²) in [4.78, 5) is 0. The van der Waals surface area contributed by atoms with Crippen molar-refractivity contribution < 1.29 is 9.47 Å². The van der Waals surface area contributed by atoms with E-state index in [1.807, 2.05) is 42.5 Å². The molecule has 2 heterocycles. The van der Waals surface area contributed by atoms with Gasteiger partial charge < -0.3 is 9.47 Å². The molecular formula is C26H23Br2ClN2O2. The summed E-state index contributed by atoms with van der Waals surface area (Å²) < 4.78 is 14.3. The molecule has 5 rings (SSSR count). The molecular weight excluding hydrogens is 568 g/mol. The van der Waals surface area contributed by atoms with E-state index in [0.29, 0.717) is 0 Å². The summed E-state index contributed by atoms with van der Waals surface area (Å²) in [6.07, 6.45) is 2.61. The maximum Gasteiger partial charge on any atom is 0.213 e. The van der Waals surface area contributed by atoms with E-state index in [-0.39, 0.29) is 12.3 Å². The predicted octanol–water partition coefficient (Wildman–Crippen LogP) is 8.29. The lowest BCUT2D eigenvalue weighted by molar-refractivity contribution is -0.0197. The van der Waals surface area contributed by atoms with E-state index >= 15 is 0 Å². The molecule has 2 aliphatic heterocycles. The van der Waals surface area contributed by atoms with Crippen molar-refractivity contribution in [1.29, 1.82) is 0 Å². The van der Waals surface area contributed by atoms with Crippen molar-refractivity contribution in [3.05, 3.63) is 91.3 Å². The van der Waals surface area contributed by atoms with Crippen LogP contribution in [-0.2, 0) is 0 Å². The van der Waals surface area contributed by atoms with Crippen molar-refractivity contribution in [3.63, 3.8) is 0 Å². The van der Waals surface area contributed by atoms with Gasteiger partial charge in [-0.15, -0.1) is 0 Å². The fourth-order valence-electron chi connectivity index (χ4n) is 4.21. The van der Waals surface area contributed by atoms with Gasteiger partial charge in [0.15, 0.2) is 0 Å². The van der Waals surface area contributed by atoms with Crippen molar-refractivity contribution in [2.24, 2.45) is 5.10 Å². The lowest BCUT2D eigenvalue weighted by atomic mass is 9.96. The maximum absolute atomic E-state index is 6.55. The average molecular weight is 591 g/mol. The van der Waals surface area contributed by atoms with Crippen molar-refractivity contribution in [3.8, 4) is 11.5 Å². The van der Waals surface area contributed by atoms with Gasteiger partial charge in [-0.2, -0.15) is 5.10 Å². The van der Waals surface area contributed by atoms with E-state index in [2.05, 4.69) is 62.0 Å². The summed E-state index contributed by atoms with van der Waals surface area (Å²) in [5.41, 5.74) is 4.24. The molecule has 0 amide bonds. The van der Waals surface area contributed by atoms with Crippen molar-refractivity contribution in [2.45, 2.75) is 38.5 Å². The molecule has 33 heavy (non-hydrogen) atoms. The Hall–Kier alpha value is -2.02. The molecule has 0 radical (unpaired) electrons. The molecule has 0 spiro atoms. The van der Waals surface area contributed by atoms with Crippen LogP contribution in [0, 0.1) is 0 Å². The van der Waals surface area contributed by atoms with E-state index in [0.717, 1.165) is 73.7 Å². The van der Waals surface area contributed by atoms with Crippen LogP contribution in [0.4, 0.5) is 0 Å². The normalized spacial score (nSPS) is 18.9. The summed E-state index contributed by atoms with van der Waals surface area (Å²) in [5, 5.41) is 7.83. The van der Waals surface area contributed by atoms with Crippen LogP contribution in [0.5, 0.6) is 11.5 Å². The molecule has 4 nitrogen and oxygen atoms in total. The number of hydrazone groups is 1. The number of halogens is 3. The first-order valence-electron chi connectivity index (χ1n) is 11.0. The number of nitrogens with zero attached hydrogens (tertiary/aromatic N) is 2. The minimum Gasteiger partial charge on any atom is -0.494 e. The van der Waals surface area contributed by atoms with Gasteiger partial charge in [0, 0.05) is 27.0 Å². The molecule has 2 aliphatic rings. The van der Waals surface area contributed by atoms with E-state index < -0.39 is 0 Å². The quantitative estimate of drug-likeness (QED) is 0.271. The van der Waals surface area contributed by atoms with Crippen LogP contribution in [0.1, 0.15) is 55.1 Å². The number of hydrogen-bond donors (Lipinski definition) is 0. The maximum atomic E-state index is 6.55. The summed E-state index contributed by atoms with van der Waals surface area (Å²) in [6, 6.07) is 20.2. The Morgan fingerprint density at radius 2 is 1.85 bits per heavy atom. The molecule has 170 valence electrons. The predicted molar refractivity (Wildman–Crippen MR) is 139 cm³/mol. The molecule has 3 aromatic carbocycles. The molecule has 7 heteroatoms. The zero-order chi connectivity index (χ0) is 22.9. The molecule has 0 bridgehead atoms. The minimum atomic E-state index is -0.338. The zero-order valence-corrected chi connectivity index (χ0v) is 22.0. The topological polar surface area (TPSA) is 34.1 Å². The summed E-state index contributed by atoms with van der Waals surface area (Å²) in [5.74, 6) is 1.73. The van der Waals surface area contributed by atoms with Gasteiger partial charge >= 0.3 is 0 Å². The van der Waals surface area contributed by atoms with Gasteiger partial charge in [-0.1, -0.05) is 53.0 Å². The number of fused-ring (bicyclic) bond motifs is 3. The Labute approximate surface area is 215 Å². The smallest absolute Gasteiger partial charge is 0.213 e. The second-order valence-corrected chi connectivity index (χ2v) is 10.4. The Balaban J connectivity index is 1.51. The first-order chi connectivity index (χ1) is 16.0. The van der Waals surface area contributed by atoms with Crippen LogP contribution in [0.25, 0.3) is 0 Å². The third kappa shape index (κ3) is 4.66. The summed E-state index contributed by atoms with van der Waals surface area (Å²) >= 11 is 13.4. The van der Waals surface area contributed by atoms with Crippen LogP contribution in [0.15, 0.2) is 74.7 Å². The highest BCUT2D eigenvalue weighted by Gasteiger charge is 2.42. The molecule has 0 N–H and O–H groups in total. The van der Waals surface area contributed by atoms with Crippen LogP contribution < -0.4 is 9.47 Å². The molecule has 0 aliphatic carbocycles. The lowest BCUT2D eigenvalue weighted by Gasteiger charge is -2.38. The number of ether oxygens (including phenoxy) is 2. The van der Waals surface area contributed by atoms with Gasteiger partial charge in [0.1, 0.15) is 11.5 Å². The van der Waals surface area contributed by atoms with Crippen LogP contribution in [0.2, 0.25) is 5.02 Å². The fourth-order valence-corrected chi connectivity index (χ4v) is 5.69. The van der Waals surface area contributed by atoms with Gasteiger partial charge in [-0.05, 0) is 76.4 Å². The highest BCUT2D eigenvalue weighted by atomic mass is 79.9. The van der Waals surface area contributed by atoms with Crippen LogP contribution >= 0.6 is 43.5 Å². The molecule has 2 unspecified atom stereocenters. The highest BCUT2D eigenvalue weighted by Crippen LogP contribution is 2.51. The first-order valence-corrected chi connectivity index (χ1v) is 13.0. The number of rotatable bonds is 6. The Kier molecular flexibility index (Phi) is 6.68. The van der Waals surface area contributed by atoms with Gasteiger partial charge in [-0.3, -0.25) is 0 Å². The Bertz CT molecular complexity index is 1180. The summed E-state index contributed by atoms with van der Waals surface area (Å²) in [7, 11) is 0. The lowest BCUT2D eigenvalue weighted by Crippen LogP contribution is -2.33. The van der Waals surface area contributed by atoms with Crippen LogP contribution in [-0.4, -0.2) is 17.3 Å². The molecule has 0 fully saturated rings. The second kappa shape index (κ2) is 9.69. The molecule has 0 saturated heterocycles. The van der Waals surface area contributed by atoms with Gasteiger partial charge in [0.05, 0.1) is 22.8 Å². The first kappa shape index (κ1) is 22.8. The van der Waals surface area contributed by atoms with E-state index in [9.17, 15) is 0 Å². The number of unbranched alkanes of at least 4 members (excludes halogenated alkanes) is 1. The average Bonchev–Trinajstić information content (AvgIpc) is 3.26. The Morgan fingerprint density at radius 3 is 2.58 bits per heavy atom. The van der Waals surface area contributed by atoms with Crippen molar-refractivity contribution in [2.75, 3.05) is 6.61 Å². The zero-order valence-electron chi connectivity index (χ0n) is 18.1. The standard InChI is InChI=1S/C26H23Br2ClN2O2/c1-2-3-12-32-20-10-6-17(7-11-20)26-31-24(21-13-18(27)14-22(28)25(21)33-26)15-23(30-31)16-4-8-19(29)9-5-16/h4-11,13-14,24,26H,2-3,12,15H2,1H3. The largest absolute Gasteiger partial charge is 0.494 e. The van der Waals surface area contributed by atoms with Gasteiger partial charge in [0.2, 0.25) is 6.23 Å².